The summed E-state index contributed by atoms with van der Waals surface area (Å²) in [6.07, 6.45) is -0.410. The van der Waals surface area contributed by atoms with Crippen LogP contribution < -0.4 is 16.4 Å². The first-order chi connectivity index (χ1) is 11.1. The van der Waals surface area contributed by atoms with Crippen LogP contribution in [0.3, 0.4) is 0 Å². The van der Waals surface area contributed by atoms with Crippen LogP contribution in [-0.4, -0.2) is 36.9 Å². The Hall–Kier alpha value is -2.33. The minimum atomic E-state index is -4.21. The summed E-state index contributed by atoms with van der Waals surface area (Å²) in [6.45, 7) is 1.55. The average molecular weight is 358 g/mol. The number of nitro groups is 1. The van der Waals surface area contributed by atoms with Crippen molar-refractivity contribution in [3.05, 3.63) is 48.5 Å². The number of non-ortho nitro benzene ring substituents is 1. The Balaban J connectivity index is 2.42. The molecular weight excluding hydrogens is 343 g/mol. The van der Waals surface area contributed by atoms with Crippen molar-refractivity contribution in [3.63, 3.8) is 0 Å². The lowest BCUT2D eigenvalue weighted by Crippen LogP contribution is -2.31. The number of benzene rings is 1. The minimum Gasteiger partial charge on any atom is -0.324 e. The molecule has 0 bridgehead atoms. The van der Waals surface area contributed by atoms with Crippen LogP contribution in [-0.2, 0) is 11.1 Å². The number of nitrogens with zero attached hydrogens (tertiary/aromatic N) is 1. The van der Waals surface area contributed by atoms with Gasteiger partial charge in [-0.1, -0.05) is 0 Å². The van der Waals surface area contributed by atoms with Gasteiger partial charge >= 0.3 is 18.7 Å². The Morgan fingerprint density at radius 2 is 1.92 bits per heavy atom. The van der Waals surface area contributed by atoms with Crippen LogP contribution in [0, 0.1) is 10.1 Å². The molecule has 2 rings (SSSR count). The van der Waals surface area contributed by atoms with Gasteiger partial charge in [0.15, 0.2) is 0 Å². The molecule has 1 heterocycles. The lowest BCUT2D eigenvalue weighted by Gasteiger charge is -2.15. The molecule has 0 saturated carbocycles. The third kappa shape index (κ3) is 4.36. The summed E-state index contributed by atoms with van der Waals surface area (Å²) in [5.74, 6) is 0. The molecule has 12 heteroatoms. The lowest BCUT2D eigenvalue weighted by atomic mass is 10.1. The highest BCUT2D eigenvalue weighted by Crippen LogP contribution is 2.34. The van der Waals surface area contributed by atoms with Crippen LogP contribution in [0.15, 0.2) is 21.7 Å². The van der Waals surface area contributed by atoms with Crippen LogP contribution in [0.2, 0.25) is 0 Å². The van der Waals surface area contributed by atoms with Gasteiger partial charge in [0.25, 0.3) is 5.69 Å². The molecular formula is C12H15N4O7P. The standard InChI is InChI=1S/C12H15N4O7P/c1-6(5-24(21,22)23)13-4-7-2-8(16(19)20)3-9-10(7)15-12(18)11(17)14-9/h2-3,6,13H,4-5H2,1H3,(H,14,17)(H,15,18)(H2,21,22,23)/t6-/m0/s1. The highest BCUT2D eigenvalue weighted by molar-refractivity contribution is 7.51. The molecule has 0 saturated heterocycles. The van der Waals surface area contributed by atoms with Gasteiger partial charge in [-0.3, -0.25) is 24.3 Å². The highest BCUT2D eigenvalue weighted by Gasteiger charge is 2.19. The van der Waals surface area contributed by atoms with Gasteiger partial charge in [0.1, 0.15) is 0 Å². The van der Waals surface area contributed by atoms with Gasteiger partial charge in [-0.2, -0.15) is 0 Å². The van der Waals surface area contributed by atoms with Crippen molar-refractivity contribution in [3.8, 4) is 0 Å². The van der Waals surface area contributed by atoms with E-state index < -0.39 is 35.8 Å². The van der Waals surface area contributed by atoms with E-state index in [-0.39, 0.29) is 23.3 Å². The Morgan fingerprint density at radius 1 is 1.29 bits per heavy atom. The van der Waals surface area contributed by atoms with Crippen LogP contribution in [0.25, 0.3) is 11.0 Å². The molecule has 1 atom stereocenters. The van der Waals surface area contributed by atoms with Crippen molar-refractivity contribution in [1.29, 1.82) is 0 Å². The fraction of sp³-hybridized carbons (Fsp3) is 0.333. The van der Waals surface area contributed by atoms with Crippen LogP contribution in [0.1, 0.15) is 12.5 Å². The number of H-pyrrole nitrogens is 2. The zero-order valence-corrected chi connectivity index (χ0v) is 13.4. The van der Waals surface area contributed by atoms with E-state index in [1.807, 2.05) is 0 Å². The molecule has 0 aliphatic rings. The topological polar surface area (TPSA) is 178 Å². The van der Waals surface area contributed by atoms with E-state index in [9.17, 15) is 24.3 Å². The Morgan fingerprint density at radius 3 is 2.50 bits per heavy atom. The second-order valence-corrected chi connectivity index (χ2v) is 7.02. The average Bonchev–Trinajstić information content (AvgIpc) is 2.44. The number of aromatic amines is 2. The molecule has 0 radical (unpaired) electrons. The maximum atomic E-state index is 11.5. The number of hydrogen-bond acceptors (Lipinski definition) is 6. The van der Waals surface area contributed by atoms with E-state index >= 15 is 0 Å². The first-order valence-electron chi connectivity index (χ1n) is 6.78. The van der Waals surface area contributed by atoms with Crippen LogP contribution in [0.4, 0.5) is 5.69 Å². The Bertz CT molecular complexity index is 945. The molecule has 5 N–H and O–H groups in total. The minimum absolute atomic E-state index is 0.00132. The number of hydrogen-bond donors (Lipinski definition) is 5. The molecule has 11 nitrogen and oxygen atoms in total. The van der Waals surface area contributed by atoms with E-state index in [1.165, 1.54) is 6.07 Å². The SMILES string of the molecule is C[C@@H](CP(=O)(O)O)NCc1cc([N+](=O)[O-])cc2[nH]c(=O)c(=O)[nH]c12. The number of fused-ring (bicyclic) bond motifs is 1. The van der Waals surface area contributed by atoms with Crippen molar-refractivity contribution in [1.82, 2.24) is 15.3 Å². The molecule has 0 unspecified atom stereocenters. The van der Waals surface area contributed by atoms with Crippen LogP contribution >= 0.6 is 7.60 Å². The van der Waals surface area contributed by atoms with Crippen LogP contribution in [0.5, 0.6) is 0 Å². The molecule has 0 aliphatic heterocycles. The smallest absolute Gasteiger partial charge is 0.324 e. The Labute approximate surface area is 134 Å². The van der Waals surface area contributed by atoms with E-state index in [0.29, 0.717) is 5.56 Å². The lowest BCUT2D eigenvalue weighted by molar-refractivity contribution is -0.384. The number of aromatic nitrogens is 2. The van der Waals surface area contributed by atoms with E-state index in [4.69, 9.17) is 9.79 Å². The second-order valence-electron chi connectivity index (χ2n) is 5.32. The predicted octanol–water partition coefficient (Wildman–Crippen LogP) is -0.220. The number of rotatable bonds is 6. The molecule has 24 heavy (non-hydrogen) atoms. The summed E-state index contributed by atoms with van der Waals surface area (Å²) in [7, 11) is -4.21. The molecule has 1 aromatic carbocycles. The first-order valence-corrected chi connectivity index (χ1v) is 8.58. The van der Waals surface area contributed by atoms with Gasteiger partial charge in [-0.05, 0) is 12.5 Å². The summed E-state index contributed by atoms with van der Waals surface area (Å²) in [5.41, 5.74) is -1.51. The molecule has 1 aromatic heterocycles. The fourth-order valence-electron chi connectivity index (χ4n) is 2.23. The Kier molecular flexibility index (Phi) is 4.99. The first kappa shape index (κ1) is 18.0. The van der Waals surface area contributed by atoms with Crippen molar-refractivity contribution >= 4 is 24.3 Å². The number of nitrogens with one attached hydrogen (secondary N) is 3. The quantitative estimate of drug-likeness (QED) is 0.203. The van der Waals surface area contributed by atoms with Crippen molar-refractivity contribution < 1.29 is 19.3 Å². The maximum Gasteiger partial charge on any atom is 0.327 e. The van der Waals surface area contributed by atoms with Crippen molar-refractivity contribution in [2.24, 2.45) is 0 Å². The van der Waals surface area contributed by atoms with Crippen molar-refractivity contribution in [2.75, 3.05) is 6.16 Å². The normalized spacial score (nSPS) is 13.1. The largest absolute Gasteiger partial charge is 0.327 e. The second kappa shape index (κ2) is 6.65. The molecule has 0 aliphatic carbocycles. The number of nitro benzene ring substituents is 1. The van der Waals surface area contributed by atoms with Gasteiger partial charge in [0.05, 0.1) is 22.1 Å². The van der Waals surface area contributed by atoms with Gasteiger partial charge in [-0.25, -0.2) is 0 Å². The molecule has 0 spiro atoms. The van der Waals surface area contributed by atoms with Gasteiger partial charge in [0.2, 0.25) is 0 Å². The summed E-state index contributed by atoms with van der Waals surface area (Å²) in [4.78, 5) is 55.7. The fourth-order valence-corrected chi connectivity index (χ4v) is 3.07. The van der Waals surface area contributed by atoms with Crippen molar-refractivity contribution in [2.45, 2.75) is 19.5 Å². The molecule has 2 aromatic rings. The summed E-state index contributed by atoms with van der Waals surface area (Å²) in [6, 6.07) is 1.76. The molecule has 0 fully saturated rings. The monoisotopic (exact) mass is 358 g/mol. The van der Waals surface area contributed by atoms with Gasteiger partial charge in [-0.15, -0.1) is 0 Å². The molecule has 130 valence electrons. The summed E-state index contributed by atoms with van der Waals surface area (Å²) >= 11 is 0. The highest BCUT2D eigenvalue weighted by atomic mass is 31.2. The zero-order valence-electron chi connectivity index (χ0n) is 12.5. The summed E-state index contributed by atoms with van der Waals surface area (Å²) < 4.78 is 11.0. The van der Waals surface area contributed by atoms with E-state index in [0.717, 1.165) is 6.07 Å². The predicted molar refractivity (Wildman–Crippen MR) is 85.1 cm³/mol. The third-order valence-electron chi connectivity index (χ3n) is 3.26. The molecule has 0 amide bonds. The third-order valence-corrected chi connectivity index (χ3v) is 4.28. The summed E-state index contributed by atoms with van der Waals surface area (Å²) in [5, 5.41) is 13.8. The van der Waals surface area contributed by atoms with E-state index in [1.54, 1.807) is 6.92 Å². The van der Waals surface area contributed by atoms with E-state index in [2.05, 4.69) is 15.3 Å². The van der Waals surface area contributed by atoms with Gasteiger partial charge in [0, 0.05) is 24.7 Å². The zero-order chi connectivity index (χ0) is 18.1. The maximum absolute atomic E-state index is 11.5. The van der Waals surface area contributed by atoms with Gasteiger partial charge < -0.3 is 25.1 Å².